The number of imidazole rings is 1. The fourth-order valence-electron chi connectivity index (χ4n) is 7.76. The Morgan fingerprint density at radius 2 is 1.49 bits per heavy atom. The van der Waals surface area contributed by atoms with E-state index in [0.29, 0.717) is 18.5 Å². The van der Waals surface area contributed by atoms with Crippen molar-refractivity contribution >= 4 is 16.9 Å². The maximum absolute atomic E-state index is 12.9. The second-order valence-electron chi connectivity index (χ2n) is 14.0. The number of rotatable bonds is 10. The summed E-state index contributed by atoms with van der Waals surface area (Å²) in [6.45, 7) is 2.92. The lowest BCUT2D eigenvalue weighted by molar-refractivity contribution is -0.253. The first-order chi connectivity index (χ1) is 26.0. The molecule has 0 spiro atoms. The summed E-state index contributed by atoms with van der Waals surface area (Å²) in [7, 11) is 0. The van der Waals surface area contributed by atoms with E-state index >= 15 is 0 Å². The smallest absolute Gasteiger partial charge is 0.326 e. The van der Waals surface area contributed by atoms with Crippen LogP contribution in [0.2, 0.25) is 0 Å². The molecule has 0 radical (unpaired) electrons. The minimum absolute atomic E-state index is 0.00430. The lowest BCUT2D eigenvalue weighted by Crippen LogP contribution is -2.43. The molecule has 5 aromatic carbocycles. The van der Waals surface area contributed by atoms with Gasteiger partial charge >= 0.3 is 5.69 Å². The molecule has 1 aromatic heterocycles. The van der Waals surface area contributed by atoms with Crippen LogP contribution in [0.1, 0.15) is 70.3 Å². The van der Waals surface area contributed by atoms with E-state index in [0.717, 1.165) is 76.9 Å². The molecule has 0 unspecified atom stereocenters. The molecule has 2 aliphatic heterocycles. The number of ether oxygens (including phenoxy) is 2. The van der Waals surface area contributed by atoms with Crippen molar-refractivity contribution in [2.45, 2.75) is 57.0 Å². The molecule has 8 rings (SSSR count). The van der Waals surface area contributed by atoms with Crippen molar-refractivity contribution in [3.63, 3.8) is 0 Å². The molecule has 0 saturated carbocycles. The fourth-order valence-corrected chi connectivity index (χ4v) is 7.76. The van der Waals surface area contributed by atoms with Gasteiger partial charge in [-0.05, 0) is 64.9 Å². The number of amides is 1. The summed E-state index contributed by atoms with van der Waals surface area (Å²) < 4.78 is 15.3. The highest BCUT2D eigenvalue weighted by Crippen LogP contribution is 2.39. The topological polar surface area (TPSA) is 109 Å². The summed E-state index contributed by atoms with van der Waals surface area (Å²) in [5.41, 5.74) is 8.41. The molecule has 2 aliphatic rings. The van der Waals surface area contributed by atoms with Gasteiger partial charge in [0.25, 0.3) is 5.91 Å². The first kappa shape index (κ1) is 34.7. The number of fused-ring (bicyclic) bond motifs is 1. The van der Waals surface area contributed by atoms with E-state index in [2.05, 4.69) is 45.5 Å². The zero-order chi connectivity index (χ0) is 36.1. The maximum Gasteiger partial charge on any atom is 0.326 e. The Kier molecular flexibility index (Phi) is 10.3. The van der Waals surface area contributed by atoms with Crippen molar-refractivity contribution in [2.24, 2.45) is 0 Å². The quantitative estimate of drug-likeness (QED) is 0.138. The first-order valence-corrected chi connectivity index (χ1v) is 18.5. The average Bonchev–Trinajstić information content (AvgIpc) is 3.56. The van der Waals surface area contributed by atoms with E-state index < -0.39 is 6.29 Å². The third-order valence-corrected chi connectivity index (χ3v) is 10.6. The molecule has 3 heterocycles. The number of carbonyl (C=O) groups excluding carboxylic acids is 1. The van der Waals surface area contributed by atoms with Crippen molar-refractivity contribution in [3.8, 4) is 11.1 Å². The molecule has 0 aliphatic carbocycles. The molecule has 2 saturated heterocycles. The maximum atomic E-state index is 12.9. The monoisotopic (exact) mass is 708 g/mol. The number of aromatic nitrogens is 2. The summed E-state index contributed by atoms with van der Waals surface area (Å²) in [5.74, 6) is -0.105. The summed E-state index contributed by atoms with van der Waals surface area (Å²) in [5, 5.41) is 12.7. The van der Waals surface area contributed by atoms with E-state index in [-0.39, 0.29) is 36.5 Å². The number of nitrogens with one attached hydrogen (secondary N) is 2. The van der Waals surface area contributed by atoms with Crippen LogP contribution in [0.25, 0.3) is 22.2 Å². The summed E-state index contributed by atoms with van der Waals surface area (Å²) in [6.07, 6.45) is 1.67. The van der Waals surface area contributed by atoms with Gasteiger partial charge in [-0.25, -0.2) is 4.79 Å². The minimum atomic E-state index is -0.562. The number of carbonyl (C=O) groups is 1. The van der Waals surface area contributed by atoms with Crippen LogP contribution in [0.15, 0.2) is 132 Å². The fraction of sp³-hybridized carbons (Fsp3) is 0.273. The minimum Gasteiger partial charge on any atom is -0.392 e. The van der Waals surface area contributed by atoms with Crippen molar-refractivity contribution in [2.75, 3.05) is 19.6 Å². The Morgan fingerprint density at radius 1 is 0.792 bits per heavy atom. The molecular weight excluding hydrogens is 665 g/mol. The molecule has 9 heteroatoms. The van der Waals surface area contributed by atoms with Crippen LogP contribution in [0, 0.1) is 0 Å². The van der Waals surface area contributed by atoms with Gasteiger partial charge in [-0.2, -0.15) is 0 Å². The van der Waals surface area contributed by atoms with Crippen LogP contribution >= 0.6 is 0 Å². The molecule has 1 amide bonds. The second kappa shape index (κ2) is 15.7. The van der Waals surface area contributed by atoms with E-state index in [1.54, 1.807) is 0 Å². The predicted octanol–water partition coefficient (Wildman–Crippen LogP) is 7.30. The van der Waals surface area contributed by atoms with Gasteiger partial charge in [0, 0.05) is 49.8 Å². The lowest BCUT2D eigenvalue weighted by Gasteiger charge is -2.40. The van der Waals surface area contributed by atoms with Gasteiger partial charge in [-0.1, -0.05) is 103 Å². The Morgan fingerprint density at radius 3 is 2.26 bits per heavy atom. The zero-order valence-corrected chi connectivity index (χ0v) is 29.6. The number of hydrogen-bond acceptors (Lipinski definition) is 6. The van der Waals surface area contributed by atoms with Crippen molar-refractivity contribution in [3.05, 3.63) is 166 Å². The molecule has 6 aromatic rings. The normalized spacial score (nSPS) is 19.7. The van der Waals surface area contributed by atoms with Gasteiger partial charge in [0.2, 0.25) is 0 Å². The van der Waals surface area contributed by atoms with Gasteiger partial charge in [0.05, 0.1) is 29.8 Å². The summed E-state index contributed by atoms with van der Waals surface area (Å²) in [4.78, 5) is 31.1. The number of hydrogen-bond donors (Lipinski definition) is 3. The number of piperidine rings is 1. The Balaban J connectivity index is 0.970. The largest absolute Gasteiger partial charge is 0.392 e. The molecule has 0 bridgehead atoms. The van der Waals surface area contributed by atoms with Crippen LogP contribution < -0.4 is 11.0 Å². The molecule has 270 valence electrons. The number of para-hydroxylation sites is 2. The second-order valence-corrected chi connectivity index (χ2v) is 14.0. The molecule has 2 fully saturated rings. The Bertz CT molecular complexity index is 2210. The first-order valence-electron chi connectivity index (χ1n) is 18.5. The summed E-state index contributed by atoms with van der Waals surface area (Å²) in [6, 6.07) is 41.7. The van der Waals surface area contributed by atoms with Gasteiger partial charge in [0.15, 0.2) is 6.29 Å². The van der Waals surface area contributed by atoms with Crippen LogP contribution in [0.3, 0.4) is 0 Å². The number of H-pyrrole nitrogens is 1. The van der Waals surface area contributed by atoms with Crippen LogP contribution in [0.5, 0.6) is 0 Å². The van der Waals surface area contributed by atoms with Crippen molar-refractivity contribution in [1.29, 1.82) is 0 Å². The molecular formula is C44H44N4O5. The number of aliphatic hydroxyl groups is 1. The summed E-state index contributed by atoms with van der Waals surface area (Å²) >= 11 is 0. The highest BCUT2D eigenvalue weighted by atomic mass is 16.7. The third-order valence-electron chi connectivity index (χ3n) is 10.6. The van der Waals surface area contributed by atoms with E-state index in [4.69, 9.17) is 9.47 Å². The van der Waals surface area contributed by atoms with Gasteiger partial charge in [-0.15, -0.1) is 0 Å². The van der Waals surface area contributed by atoms with Gasteiger partial charge in [-0.3, -0.25) is 9.36 Å². The Labute approximate surface area is 308 Å². The number of aliphatic hydroxyl groups excluding tert-OH is 1. The van der Waals surface area contributed by atoms with Crippen LogP contribution in [-0.2, 0) is 22.6 Å². The predicted molar refractivity (Wildman–Crippen MR) is 205 cm³/mol. The zero-order valence-electron chi connectivity index (χ0n) is 29.6. The molecule has 3 N–H and O–H groups in total. The highest BCUT2D eigenvalue weighted by Gasteiger charge is 2.34. The number of benzene rings is 5. The SMILES string of the molecule is O=C(NCc1ccccc1-c1ccc([C@@H]2O[C@H](CN3CCC(n4c(=O)[nH]c5ccccc54)CC3)C[C@H](c3ccc(CO)cc3)O2)cc1)c1ccccc1. The standard InChI is InChI=1S/C44H44N4O5/c49-29-30-14-16-32(17-15-30)41-26-37(28-47-24-22-36(23-25-47)48-40-13-7-6-12-39(40)46-44(48)51)52-43(53-41)34-20-18-31(19-21-34)38-11-5-4-10-35(38)27-45-42(50)33-8-2-1-3-9-33/h1-21,36-37,41,43,49H,22-29H2,(H,45,50)(H,46,51)/t37-,41+,43+/m0/s1. The third kappa shape index (κ3) is 7.75. The van der Waals surface area contributed by atoms with E-state index in [1.807, 2.05) is 102 Å². The highest BCUT2D eigenvalue weighted by molar-refractivity contribution is 5.94. The average molecular weight is 709 g/mol. The van der Waals surface area contributed by atoms with Gasteiger partial charge < -0.3 is 29.8 Å². The van der Waals surface area contributed by atoms with Crippen LogP contribution in [0.4, 0.5) is 0 Å². The van der Waals surface area contributed by atoms with Gasteiger partial charge in [0.1, 0.15) is 0 Å². The molecule has 53 heavy (non-hydrogen) atoms. The van der Waals surface area contributed by atoms with Crippen molar-refractivity contribution < 1.29 is 19.4 Å². The van der Waals surface area contributed by atoms with Crippen molar-refractivity contribution in [1.82, 2.24) is 19.8 Å². The number of nitrogens with zero attached hydrogens (tertiary/aromatic N) is 2. The molecule has 3 atom stereocenters. The van der Waals surface area contributed by atoms with E-state index in [9.17, 15) is 14.7 Å². The number of aromatic amines is 1. The molecule has 9 nitrogen and oxygen atoms in total. The van der Waals surface area contributed by atoms with Crippen LogP contribution in [-0.4, -0.2) is 51.2 Å². The lowest BCUT2D eigenvalue weighted by atomic mass is 9.97. The Hall–Kier alpha value is -5.32. The number of likely N-dealkylation sites (tertiary alicyclic amines) is 1. The van der Waals surface area contributed by atoms with E-state index in [1.165, 1.54) is 0 Å².